The molecule has 1 fully saturated rings. The highest BCUT2D eigenvalue weighted by molar-refractivity contribution is 5.94. The number of carbonyl (C=O) groups is 1. The molecule has 4 nitrogen and oxygen atoms in total. The lowest BCUT2D eigenvalue weighted by Gasteiger charge is -2.33. The molecular formula is C22H27N3O. The molecule has 26 heavy (non-hydrogen) atoms. The average molecular weight is 349 g/mol. The van der Waals surface area contributed by atoms with E-state index in [1.165, 1.54) is 11.3 Å². The molecule has 2 aromatic carbocycles. The Balaban J connectivity index is 1.21. The van der Waals surface area contributed by atoms with Crippen LogP contribution in [0.15, 0.2) is 54.6 Å². The second-order valence-corrected chi connectivity index (χ2v) is 7.25. The van der Waals surface area contributed by atoms with Gasteiger partial charge in [-0.15, -0.1) is 0 Å². The fourth-order valence-corrected chi connectivity index (χ4v) is 4.09. The number of para-hydroxylation sites is 1. The summed E-state index contributed by atoms with van der Waals surface area (Å²) in [5.74, 6) is 0.165. The number of rotatable bonds is 5. The molecule has 2 heterocycles. The first-order valence-corrected chi connectivity index (χ1v) is 9.72. The summed E-state index contributed by atoms with van der Waals surface area (Å²) in [6.07, 6.45) is 3.24. The molecule has 4 rings (SSSR count). The van der Waals surface area contributed by atoms with Gasteiger partial charge >= 0.3 is 0 Å². The summed E-state index contributed by atoms with van der Waals surface area (Å²) in [6, 6.07) is 18.9. The van der Waals surface area contributed by atoms with E-state index in [0.29, 0.717) is 6.04 Å². The van der Waals surface area contributed by atoms with E-state index in [-0.39, 0.29) is 5.91 Å². The van der Waals surface area contributed by atoms with Crippen molar-refractivity contribution in [2.45, 2.75) is 25.3 Å². The molecular weight excluding hydrogens is 322 g/mol. The van der Waals surface area contributed by atoms with Gasteiger partial charge in [-0.25, -0.2) is 0 Å². The summed E-state index contributed by atoms with van der Waals surface area (Å²) in [5.41, 5.74) is 3.67. The maximum atomic E-state index is 12.5. The summed E-state index contributed by atoms with van der Waals surface area (Å²) in [6.45, 7) is 4.88. The topological polar surface area (TPSA) is 35.6 Å². The Morgan fingerprint density at radius 2 is 1.69 bits per heavy atom. The van der Waals surface area contributed by atoms with Gasteiger partial charge in [0.15, 0.2) is 0 Å². The molecule has 2 aliphatic rings. The summed E-state index contributed by atoms with van der Waals surface area (Å²) in [5, 5.41) is 3.70. The molecule has 0 radical (unpaired) electrons. The van der Waals surface area contributed by atoms with Gasteiger partial charge < -0.3 is 15.1 Å². The predicted octanol–water partition coefficient (Wildman–Crippen LogP) is 2.94. The highest BCUT2D eigenvalue weighted by Crippen LogP contribution is 2.26. The number of hydrogen-bond acceptors (Lipinski definition) is 3. The van der Waals surface area contributed by atoms with Gasteiger partial charge in [0, 0.05) is 50.0 Å². The summed E-state index contributed by atoms with van der Waals surface area (Å²) < 4.78 is 0. The molecule has 1 N–H and O–H groups in total. The first-order valence-electron chi connectivity index (χ1n) is 9.72. The number of nitrogens with one attached hydrogen (secondary N) is 1. The van der Waals surface area contributed by atoms with Gasteiger partial charge in [0.2, 0.25) is 0 Å². The Morgan fingerprint density at radius 1 is 0.962 bits per heavy atom. The molecule has 0 atom stereocenters. The average Bonchev–Trinajstić information content (AvgIpc) is 3.12. The Labute approximate surface area is 155 Å². The predicted molar refractivity (Wildman–Crippen MR) is 106 cm³/mol. The van der Waals surface area contributed by atoms with Crippen LogP contribution in [0.4, 0.5) is 5.69 Å². The lowest BCUT2D eigenvalue weighted by molar-refractivity contribution is 0.0705. The lowest BCUT2D eigenvalue weighted by Crippen LogP contribution is -2.46. The molecule has 2 aromatic rings. The molecule has 136 valence electrons. The monoisotopic (exact) mass is 349 g/mol. The molecule has 2 aliphatic heterocycles. The molecule has 0 unspecified atom stereocenters. The van der Waals surface area contributed by atoms with Crippen molar-refractivity contribution in [2.75, 3.05) is 37.6 Å². The van der Waals surface area contributed by atoms with Crippen molar-refractivity contribution >= 4 is 11.6 Å². The quantitative estimate of drug-likeness (QED) is 0.901. The van der Waals surface area contributed by atoms with E-state index in [1.807, 2.05) is 35.2 Å². The Hall–Kier alpha value is -2.33. The number of hydrogen-bond donors (Lipinski definition) is 1. The van der Waals surface area contributed by atoms with Gasteiger partial charge in [-0.1, -0.05) is 36.4 Å². The van der Waals surface area contributed by atoms with Gasteiger partial charge in [0.05, 0.1) is 0 Å². The molecule has 0 bridgehead atoms. The number of carbonyl (C=O) groups excluding carboxylic acids is 1. The van der Waals surface area contributed by atoms with Crippen molar-refractivity contribution in [3.63, 3.8) is 0 Å². The standard InChI is InChI=1S/C22H27N3O/c26-22(19-7-2-1-3-8-19)25-15-11-20(12-16-25)23-13-17-24-14-10-18-6-4-5-9-21(18)24/h1-9,20,23H,10-17H2. The van der Waals surface area contributed by atoms with E-state index in [0.717, 1.165) is 57.5 Å². The minimum atomic E-state index is 0.165. The minimum Gasteiger partial charge on any atom is -0.370 e. The van der Waals surface area contributed by atoms with Crippen LogP contribution in [0, 0.1) is 0 Å². The van der Waals surface area contributed by atoms with E-state index in [4.69, 9.17) is 0 Å². The summed E-state index contributed by atoms with van der Waals surface area (Å²) >= 11 is 0. The van der Waals surface area contributed by atoms with Crippen LogP contribution in [0.5, 0.6) is 0 Å². The molecule has 1 saturated heterocycles. The molecule has 0 spiro atoms. The SMILES string of the molecule is O=C(c1ccccc1)N1CCC(NCCN2CCc3ccccc32)CC1. The van der Waals surface area contributed by atoms with Crippen LogP contribution >= 0.6 is 0 Å². The van der Waals surface area contributed by atoms with Crippen molar-refractivity contribution in [1.82, 2.24) is 10.2 Å². The van der Waals surface area contributed by atoms with Gasteiger partial charge in [-0.05, 0) is 43.0 Å². The van der Waals surface area contributed by atoms with E-state index in [1.54, 1.807) is 0 Å². The Bertz CT molecular complexity index is 738. The molecule has 0 saturated carbocycles. The maximum Gasteiger partial charge on any atom is 0.253 e. The number of amides is 1. The van der Waals surface area contributed by atoms with E-state index in [2.05, 4.69) is 34.5 Å². The third-order valence-electron chi connectivity index (χ3n) is 5.60. The number of anilines is 1. The van der Waals surface area contributed by atoms with Crippen LogP contribution < -0.4 is 10.2 Å². The smallest absolute Gasteiger partial charge is 0.253 e. The summed E-state index contributed by atoms with van der Waals surface area (Å²) in [7, 11) is 0. The van der Waals surface area contributed by atoms with E-state index in [9.17, 15) is 4.79 Å². The van der Waals surface area contributed by atoms with Crippen molar-refractivity contribution in [2.24, 2.45) is 0 Å². The van der Waals surface area contributed by atoms with Crippen LogP contribution in [0.2, 0.25) is 0 Å². The van der Waals surface area contributed by atoms with Crippen molar-refractivity contribution in [3.05, 3.63) is 65.7 Å². The molecule has 0 aromatic heterocycles. The van der Waals surface area contributed by atoms with Gasteiger partial charge in [-0.3, -0.25) is 4.79 Å². The Morgan fingerprint density at radius 3 is 2.50 bits per heavy atom. The first-order chi connectivity index (χ1) is 12.8. The second kappa shape index (κ2) is 7.92. The largest absolute Gasteiger partial charge is 0.370 e. The second-order valence-electron chi connectivity index (χ2n) is 7.25. The molecule has 4 heteroatoms. The number of benzene rings is 2. The van der Waals surface area contributed by atoms with Crippen molar-refractivity contribution < 1.29 is 4.79 Å². The van der Waals surface area contributed by atoms with Crippen LogP contribution in [0.25, 0.3) is 0 Å². The first kappa shape index (κ1) is 17.1. The fraction of sp³-hybridized carbons (Fsp3) is 0.409. The van der Waals surface area contributed by atoms with E-state index >= 15 is 0 Å². The van der Waals surface area contributed by atoms with Crippen molar-refractivity contribution in [1.29, 1.82) is 0 Å². The Kier molecular flexibility index (Phi) is 5.21. The zero-order valence-electron chi connectivity index (χ0n) is 15.2. The number of likely N-dealkylation sites (tertiary alicyclic amines) is 1. The number of nitrogens with zero attached hydrogens (tertiary/aromatic N) is 2. The van der Waals surface area contributed by atoms with E-state index < -0.39 is 0 Å². The van der Waals surface area contributed by atoms with Gasteiger partial charge in [0.1, 0.15) is 0 Å². The normalized spacial score (nSPS) is 17.4. The van der Waals surface area contributed by atoms with Crippen LogP contribution in [-0.4, -0.2) is 49.6 Å². The highest BCUT2D eigenvalue weighted by Gasteiger charge is 2.24. The number of piperidine rings is 1. The maximum absolute atomic E-state index is 12.5. The number of fused-ring (bicyclic) bond motifs is 1. The van der Waals surface area contributed by atoms with Crippen molar-refractivity contribution in [3.8, 4) is 0 Å². The van der Waals surface area contributed by atoms with Crippen LogP contribution in [0.3, 0.4) is 0 Å². The van der Waals surface area contributed by atoms with Gasteiger partial charge in [0.25, 0.3) is 5.91 Å². The zero-order valence-corrected chi connectivity index (χ0v) is 15.2. The molecule has 1 amide bonds. The van der Waals surface area contributed by atoms with Crippen LogP contribution in [0.1, 0.15) is 28.8 Å². The van der Waals surface area contributed by atoms with Gasteiger partial charge in [-0.2, -0.15) is 0 Å². The third kappa shape index (κ3) is 3.75. The molecule has 0 aliphatic carbocycles. The summed E-state index contributed by atoms with van der Waals surface area (Å²) in [4.78, 5) is 17.0. The zero-order chi connectivity index (χ0) is 17.8. The highest BCUT2D eigenvalue weighted by atomic mass is 16.2. The third-order valence-corrected chi connectivity index (χ3v) is 5.60. The minimum absolute atomic E-state index is 0.165. The van der Waals surface area contributed by atoms with Crippen LogP contribution in [-0.2, 0) is 6.42 Å². The fourth-order valence-electron chi connectivity index (χ4n) is 4.09. The lowest BCUT2D eigenvalue weighted by atomic mass is 10.0.